The molecule has 1 fully saturated rings. The normalized spacial score (nSPS) is 18.3. The lowest BCUT2D eigenvalue weighted by Gasteiger charge is -2.27. The van der Waals surface area contributed by atoms with Crippen molar-refractivity contribution in [1.82, 2.24) is 0 Å². The average Bonchev–Trinajstić information content (AvgIpc) is 2.79. The molecule has 0 spiro atoms. The topological polar surface area (TPSA) is 27.7 Å². The van der Waals surface area contributed by atoms with Gasteiger partial charge in [0.25, 0.3) is 0 Å². The SMILES string of the molecule is COc1ccc(C2(CCCl)OCCO2)cc1C. The molecule has 4 heteroatoms. The number of hydrogen-bond acceptors (Lipinski definition) is 3. The Hall–Kier alpha value is -0.770. The van der Waals surface area contributed by atoms with Crippen LogP contribution in [0.15, 0.2) is 18.2 Å². The van der Waals surface area contributed by atoms with Crippen LogP contribution in [0, 0.1) is 6.92 Å². The lowest BCUT2D eigenvalue weighted by molar-refractivity contribution is -0.167. The van der Waals surface area contributed by atoms with E-state index in [-0.39, 0.29) is 0 Å². The van der Waals surface area contributed by atoms with Crippen molar-refractivity contribution in [3.63, 3.8) is 0 Å². The molecule has 0 bridgehead atoms. The molecular formula is C13H17ClO3. The third-order valence-electron chi connectivity index (χ3n) is 3.01. The molecule has 0 unspecified atom stereocenters. The molecule has 0 amide bonds. The number of ether oxygens (including phenoxy) is 3. The fourth-order valence-electron chi connectivity index (χ4n) is 2.15. The Morgan fingerprint density at radius 3 is 2.59 bits per heavy atom. The van der Waals surface area contributed by atoms with Crippen molar-refractivity contribution < 1.29 is 14.2 Å². The molecule has 1 aliphatic rings. The second-order valence-electron chi connectivity index (χ2n) is 4.07. The van der Waals surface area contributed by atoms with Crippen molar-refractivity contribution in [3.05, 3.63) is 29.3 Å². The molecule has 17 heavy (non-hydrogen) atoms. The van der Waals surface area contributed by atoms with E-state index in [0.29, 0.717) is 25.5 Å². The van der Waals surface area contributed by atoms with Gasteiger partial charge in [0.15, 0.2) is 5.79 Å². The van der Waals surface area contributed by atoms with Crippen LogP contribution in [0.3, 0.4) is 0 Å². The molecule has 0 saturated carbocycles. The molecule has 1 aromatic carbocycles. The Morgan fingerprint density at radius 2 is 2.06 bits per heavy atom. The van der Waals surface area contributed by atoms with Crippen LogP contribution in [0.25, 0.3) is 0 Å². The van der Waals surface area contributed by atoms with Crippen molar-refractivity contribution in [2.45, 2.75) is 19.1 Å². The average molecular weight is 257 g/mol. The van der Waals surface area contributed by atoms with Crippen LogP contribution in [-0.4, -0.2) is 26.2 Å². The van der Waals surface area contributed by atoms with E-state index in [1.165, 1.54) is 0 Å². The van der Waals surface area contributed by atoms with Gasteiger partial charge >= 0.3 is 0 Å². The standard InChI is InChI=1S/C13H17ClO3/c1-10-9-11(3-4-12(10)15-2)13(5-6-14)16-7-8-17-13/h3-4,9H,5-8H2,1-2H3. The molecule has 1 aromatic rings. The molecule has 1 saturated heterocycles. The molecule has 94 valence electrons. The summed E-state index contributed by atoms with van der Waals surface area (Å²) < 4.78 is 16.7. The number of methoxy groups -OCH3 is 1. The first-order chi connectivity index (χ1) is 8.22. The summed E-state index contributed by atoms with van der Waals surface area (Å²) in [5.74, 6) is 0.705. The highest BCUT2D eigenvalue weighted by molar-refractivity contribution is 6.17. The predicted octanol–water partition coefficient (Wildman–Crippen LogP) is 2.83. The van der Waals surface area contributed by atoms with Gasteiger partial charge in [-0.3, -0.25) is 0 Å². The molecule has 0 N–H and O–H groups in total. The third-order valence-corrected chi connectivity index (χ3v) is 3.20. The lowest BCUT2D eigenvalue weighted by Crippen LogP contribution is -2.27. The summed E-state index contributed by atoms with van der Waals surface area (Å²) in [4.78, 5) is 0. The molecule has 0 aliphatic carbocycles. The van der Waals surface area contributed by atoms with Gasteiger partial charge in [0.05, 0.1) is 20.3 Å². The lowest BCUT2D eigenvalue weighted by atomic mass is 10.0. The largest absolute Gasteiger partial charge is 0.496 e. The highest BCUT2D eigenvalue weighted by Crippen LogP contribution is 2.36. The number of alkyl halides is 1. The van der Waals surface area contributed by atoms with Crippen LogP contribution in [0.4, 0.5) is 0 Å². The van der Waals surface area contributed by atoms with Gasteiger partial charge in [-0.1, -0.05) is 0 Å². The molecule has 0 radical (unpaired) electrons. The Kier molecular flexibility index (Phi) is 3.92. The van der Waals surface area contributed by atoms with E-state index in [1.54, 1.807) is 7.11 Å². The molecular weight excluding hydrogens is 240 g/mol. The number of hydrogen-bond donors (Lipinski definition) is 0. The van der Waals surface area contributed by atoms with Crippen LogP contribution in [0.2, 0.25) is 0 Å². The van der Waals surface area contributed by atoms with E-state index in [9.17, 15) is 0 Å². The Bertz CT molecular complexity index is 386. The molecule has 0 aromatic heterocycles. The second kappa shape index (κ2) is 5.25. The maximum Gasteiger partial charge on any atom is 0.196 e. The van der Waals surface area contributed by atoms with Gasteiger partial charge in [-0.2, -0.15) is 0 Å². The summed E-state index contributed by atoms with van der Waals surface area (Å²) in [6.45, 7) is 3.23. The minimum absolute atomic E-state index is 0.505. The molecule has 2 rings (SSSR count). The quantitative estimate of drug-likeness (QED) is 0.776. The third kappa shape index (κ3) is 2.41. The Balaban J connectivity index is 2.33. The molecule has 3 nitrogen and oxygen atoms in total. The molecule has 0 atom stereocenters. The van der Waals surface area contributed by atoms with Gasteiger partial charge in [-0.05, 0) is 30.7 Å². The van der Waals surface area contributed by atoms with E-state index in [2.05, 4.69) is 0 Å². The minimum atomic E-state index is -0.668. The van der Waals surface area contributed by atoms with Gasteiger partial charge in [0.2, 0.25) is 0 Å². The number of benzene rings is 1. The van der Waals surface area contributed by atoms with Crippen LogP contribution in [0.5, 0.6) is 5.75 Å². The van der Waals surface area contributed by atoms with E-state index in [4.69, 9.17) is 25.8 Å². The summed E-state index contributed by atoms with van der Waals surface area (Å²) >= 11 is 5.83. The number of halogens is 1. The summed E-state index contributed by atoms with van der Waals surface area (Å²) in [5, 5.41) is 0. The maximum atomic E-state index is 5.83. The van der Waals surface area contributed by atoms with E-state index < -0.39 is 5.79 Å². The zero-order chi connectivity index (χ0) is 12.3. The van der Waals surface area contributed by atoms with Crippen LogP contribution < -0.4 is 4.74 Å². The number of aryl methyl sites for hydroxylation is 1. The fourth-order valence-corrected chi connectivity index (χ4v) is 2.40. The van der Waals surface area contributed by atoms with Crippen LogP contribution in [0.1, 0.15) is 17.5 Å². The van der Waals surface area contributed by atoms with E-state index in [1.807, 2.05) is 25.1 Å². The van der Waals surface area contributed by atoms with Crippen LogP contribution in [-0.2, 0) is 15.3 Å². The number of rotatable bonds is 4. The predicted molar refractivity (Wildman–Crippen MR) is 66.7 cm³/mol. The first-order valence-electron chi connectivity index (χ1n) is 5.71. The van der Waals surface area contributed by atoms with Gasteiger partial charge < -0.3 is 14.2 Å². The second-order valence-corrected chi connectivity index (χ2v) is 4.45. The van der Waals surface area contributed by atoms with E-state index in [0.717, 1.165) is 16.9 Å². The summed E-state index contributed by atoms with van der Waals surface area (Å²) in [5.41, 5.74) is 2.08. The van der Waals surface area contributed by atoms with Gasteiger partial charge in [-0.25, -0.2) is 0 Å². The van der Waals surface area contributed by atoms with Crippen molar-refractivity contribution in [2.24, 2.45) is 0 Å². The molecule has 1 aliphatic heterocycles. The van der Waals surface area contributed by atoms with Gasteiger partial charge in [0, 0.05) is 17.9 Å². The highest BCUT2D eigenvalue weighted by atomic mass is 35.5. The van der Waals surface area contributed by atoms with Crippen molar-refractivity contribution >= 4 is 11.6 Å². The van der Waals surface area contributed by atoms with E-state index >= 15 is 0 Å². The summed E-state index contributed by atoms with van der Waals surface area (Å²) in [6, 6.07) is 5.95. The highest BCUT2D eigenvalue weighted by Gasteiger charge is 2.38. The molecule has 1 heterocycles. The van der Waals surface area contributed by atoms with Crippen LogP contribution >= 0.6 is 11.6 Å². The van der Waals surface area contributed by atoms with Crippen molar-refractivity contribution in [1.29, 1.82) is 0 Å². The Labute approximate surface area is 107 Å². The minimum Gasteiger partial charge on any atom is -0.496 e. The first kappa shape index (κ1) is 12.7. The Morgan fingerprint density at radius 1 is 1.35 bits per heavy atom. The summed E-state index contributed by atoms with van der Waals surface area (Å²) in [7, 11) is 1.67. The van der Waals surface area contributed by atoms with Gasteiger partial charge in [0.1, 0.15) is 5.75 Å². The zero-order valence-corrected chi connectivity index (χ0v) is 10.9. The van der Waals surface area contributed by atoms with Crippen molar-refractivity contribution in [2.75, 3.05) is 26.2 Å². The maximum absolute atomic E-state index is 5.83. The zero-order valence-electron chi connectivity index (χ0n) is 10.2. The monoisotopic (exact) mass is 256 g/mol. The first-order valence-corrected chi connectivity index (χ1v) is 6.24. The fraction of sp³-hybridized carbons (Fsp3) is 0.538. The van der Waals surface area contributed by atoms with Crippen molar-refractivity contribution in [3.8, 4) is 5.75 Å². The summed E-state index contributed by atoms with van der Waals surface area (Å²) in [6.07, 6.45) is 0.653. The van der Waals surface area contributed by atoms with Gasteiger partial charge in [-0.15, -0.1) is 11.6 Å². The smallest absolute Gasteiger partial charge is 0.196 e.